The minimum atomic E-state index is -0.358. The molecule has 92 valence electrons. The van der Waals surface area contributed by atoms with Gasteiger partial charge < -0.3 is 14.9 Å². The van der Waals surface area contributed by atoms with E-state index in [0.29, 0.717) is 24.1 Å². The molecule has 2 rings (SSSR count). The molecule has 2 N–H and O–H groups in total. The Kier molecular flexibility index (Phi) is 2.89. The van der Waals surface area contributed by atoms with Crippen LogP contribution < -0.4 is 11.2 Å². The number of aryl methyl sites for hydroxylation is 1. The fourth-order valence-corrected chi connectivity index (χ4v) is 1.77. The normalized spacial score (nSPS) is 11.5. The van der Waals surface area contributed by atoms with Crippen molar-refractivity contribution >= 4 is 11.0 Å². The summed E-state index contributed by atoms with van der Waals surface area (Å²) in [5.41, 5.74) is 1.26. The van der Waals surface area contributed by atoms with Gasteiger partial charge in [-0.1, -0.05) is 0 Å². The number of fused-ring (bicyclic) bond motifs is 1. The summed E-state index contributed by atoms with van der Waals surface area (Å²) in [4.78, 5) is 31.4. The molecule has 6 heteroatoms. The van der Waals surface area contributed by atoms with Crippen LogP contribution in [0.2, 0.25) is 0 Å². The van der Waals surface area contributed by atoms with Gasteiger partial charge in [0.1, 0.15) is 5.52 Å². The van der Waals surface area contributed by atoms with E-state index < -0.39 is 0 Å². The number of aromatic amines is 2. The number of aromatic nitrogens is 3. The highest BCUT2D eigenvalue weighted by molar-refractivity contribution is 5.74. The maximum absolute atomic E-state index is 12.1. The molecule has 0 fully saturated rings. The van der Waals surface area contributed by atoms with Crippen molar-refractivity contribution in [3.05, 3.63) is 32.6 Å². The van der Waals surface area contributed by atoms with Crippen LogP contribution in [0, 0.1) is 6.92 Å². The van der Waals surface area contributed by atoms with E-state index in [2.05, 4.69) is 9.97 Å². The summed E-state index contributed by atoms with van der Waals surface area (Å²) in [7, 11) is 3.80. The Morgan fingerprint density at radius 2 is 2.00 bits per heavy atom. The number of nitrogens with one attached hydrogen (secondary N) is 2. The highest BCUT2D eigenvalue weighted by Gasteiger charge is 2.09. The van der Waals surface area contributed by atoms with Crippen molar-refractivity contribution in [1.29, 1.82) is 0 Å². The van der Waals surface area contributed by atoms with Gasteiger partial charge in [-0.15, -0.1) is 0 Å². The Bertz CT molecular complexity index is 648. The van der Waals surface area contributed by atoms with Crippen LogP contribution in [0.15, 0.2) is 15.7 Å². The monoisotopic (exact) mass is 236 g/mol. The number of hydrogen-bond acceptors (Lipinski definition) is 3. The van der Waals surface area contributed by atoms with Crippen LogP contribution in [0.1, 0.15) is 5.69 Å². The van der Waals surface area contributed by atoms with Gasteiger partial charge in [0.15, 0.2) is 0 Å². The molecular formula is C11H16N4O2. The van der Waals surface area contributed by atoms with Gasteiger partial charge in [-0.3, -0.25) is 9.36 Å². The second kappa shape index (κ2) is 4.21. The second-order valence-electron chi connectivity index (χ2n) is 4.43. The van der Waals surface area contributed by atoms with Crippen molar-refractivity contribution in [3.8, 4) is 0 Å². The van der Waals surface area contributed by atoms with E-state index in [9.17, 15) is 9.59 Å². The van der Waals surface area contributed by atoms with Gasteiger partial charge >= 0.3 is 5.69 Å². The maximum Gasteiger partial charge on any atom is 0.328 e. The molecule has 0 unspecified atom stereocenters. The summed E-state index contributed by atoms with van der Waals surface area (Å²) in [6.45, 7) is 2.88. The molecule has 0 aliphatic rings. The van der Waals surface area contributed by atoms with Gasteiger partial charge in [0.2, 0.25) is 0 Å². The van der Waals surface area contributed by atoms with Crippen LogP contribution in [0.4, 0.5) is 0 Å². The van der Waals surface area contributed by atoms with Crippen LogP contribution in [-0.4, -0.2) is 40.1 Å². The Morgan fingerprint density at radius 1 is 1.29 bits per heavy atom. The molecule has 0 saturated heterocycles. The Labute approximate surface area is 97.9 Å². The molecule has 0 aliphatic carbocycles. The van der Waals surface area contributed by atoms with Crippen molar-refractivity contribution < 1.29 is 0 Å². The van der Waals surface area contributed by atoms with E-state index in [1.807, 2.05) is 25.9 Å². The smallest absolute Gasteiger partial charge is 0.328 e. The summed E-state index contributed by atoms with van der Waals surface area (Å²) < 4.78 is 1.22. The first-order chi connectivity index (χ1) is 7.99. The lowest BCUT2D eigenvalue weighted by Crippen LogP contribution is -2.37. The van der Waals surface area contributed by atoms with Crippen molar-refractivity contribution in [1.82, 2.24) is 19.4 Å². The summed E-state index contributed by atoms with van der Waals surface area (Å²) in [6, 6.07) is 1.76. The van der Waals surface area contributed by atoms with Crippen LogP contribution >= 0.6 is 0 Å². The molecule has 6 nitrogen and oxygen atoms in total. The van der Waals surface area contributed by atoms with E-state index >= 15 is 0 Å². The first-order valence-electron chi connectivity index (χ1n) is 5.46. The minimum Gasteiger partial charge on any atom is -0.353 e. The molecule has 2 aromatic rings. The van der Waals surface area contributed by atoms with Crippen LogP contribution in [0.5, 0.6) is 0 Å². The van der Waals surface area contributed by atoms with Gasteiger partial charge in [0.25, 0.3) is 5.56 Å². The van der Waals surface area contributed by atoms with E-state index in [1.165, 1.54) is 4.57 Å². The minimum absolute atomic E-state index is 0.265. The van der Waals surface area contributed by atoms with E-state index in [4.69, 9.17) is 0 Å². The lowest BCUT2D eigenvalue weighted by molar-refractivity contribution is 0.377. The SMILES string of the molecule is Cc1cc2[nH]c(=O)n(CCN(C)C)c(=O)c2[nH]1. The third-order valence-electron chi connectivity index (χ3n) is 2.67. The molecular weight excluding hydrogens is 220 g/mol. The zero-order chi connectivity index (χ0) is 12.6. The average molecular weight is 236 g/mol. The molecule has 0 spiro atoms. The van der Waals surface area contributed by atoms with Crippen molar-refractivity contribution in [2.45, 2.75) is 13.5 Å². The lowest BCUT2D eigenvalue weighted by atomic mass is 10.4. The zero-order valence-corrected chi connectivity index (χ0v) is 10.2. The molecule has 0 saturated carbocycles. The molecule has 2 heterocycles. The van der Waals surface area contributed by atoms with Gasteiger partial charge in [0.05, 0.1) is 5.52 Å². The molecule has 17 heavy (non-hydrogen) atoms. The second-order valence-corrected chi connectivity index (χ2v) is 4.43. The quantitative estimate of drug-likeness (QED) is 0.780. The predicted molar refractivity (Wildman–Crippen MR) is 66.5 cm³/mol. The van der Waals surface area contributed by atoms with E-state index in [0.717, 1.165) is 5.69 Å². The summed E-state index contributed by atoms with van der Waals surface area (Å²) in [5, 5.41) is 0. The number of hydrogen-bond donors (Lipinski definition) is 2. The van der Waals surface area contributed by atoms with Crippen molar-refractivity contribution in [2.24, 2.45) is 0 Å². The summed E-state index contributed by atoms with van der Waals surface area (Å²) >= 11 is 0. The fourth-order valence-electron chi connectivity index (χ4n) is 1.77. The van der Waals surface area contributed by atoms with E-state index in [-0.39, 0.29) is 11.2 Å². The zero-order valence-electron chi connectivity index (χ0n) is 10.2. The molecule has 0 amide bonds. The highest BCUT2D eigenvalue weighted by Crippen LogP contribution is 2.05. The van der Waals surface area contributed by atoms with E-state index in [1.54, 1.807) is 6.07 Å². The third kappa shape index (κ3) is 2.16. The van der Waals surface area contributed by atoms with Crippen molar-refractivity contribution in [2.75, 3.05) is 20.6 Å². The average Bonchev–Trinajstić information content (AvgIpc) is 2.58. The van der Waals surface area contributed by atoms with Gasteiger partial charge in [-0.25, -0.2) is 4.79 Å². The fraction of sp³-hybridized carbons (Fsp3) is 0.455. The highest BCUT2D eigenvalue weighted by atomic mass is 16.2. The molecule has 0 radical (unpaired) electrons. The lowest BCUT2D eigenvalue weighted by Gasteiger charge is -2.10. The van der Waals surface area contributed by atoms with Gasteiger partial charge in [0, 0.05) is 18.8 Å². The van der Waals surface area contributed by atoms with Crippen LogP contribution in [-0.2, 0) is 6.54 Å². The first-order valence-corrected chi connectivity index (χ1v) is 5.46. The third-order valence-corrected chi connectivity index (χ3v) is 2.67. The molecule has 0 aromatic carbocycles. The summed E-state index contributed by atoms with van der Waals surface area (Å²) in [6.07, 6.45) is 0. The summed E-state index contributed by atoms with van der Waals surface area (Å²) in [5.74, 6) is 0. The van der Waals surface area contributed by atoms with Gasteiger partial charge in [-0.2, -0.15) is 0 Å². The molecule has 0 atom stereocenters. The number of H-pyrrole nitrogens is 2. The Balaban J connectivity index is 2.56. The standard InChI is InChI=1S/C11H16N4O2/c1-7-6-8-9(12-7)10(16)15(11(17)13-8)5-4-14(2)3/h6,12H,4-5H2,1-3H3,(H,13,17). The van der Waals surface area contributed by atoms with Crippen LogP contribution in [0.3, 0.4) is 0 Å². The molecule has 0 aliphatic heterocycles. The number of likely N-dealkylation sites (N-methyl/N-ethyl adjacent to an activating group) is 1. The Hall–Kier alpha value is -1.82. The Morgan fingerprint density at radius 3 is 2.65 bits per heavy atom. The maximum atomic E-state index is 12.1. The first kappa shape index (κ1) is 11.7. The topological polar surface area (TPSA) is 73.9 Å². The predicted octanol–water partition coefficient (Wildman–Crippen LogP) is -0.112. The number of nitrogens with zero attached hydrogens (tertiary/aromatic N) is 2. The van der Waals surface area contributed by atoms with Crippen LogP contribution in [0.25, 0.3) is 11.0 Å². The van der Waals surface area contributed by atoms with Gasteiger partial charge in [-0.05, 0) is 27.1 Å². The largest absolute Gasteiger partial charge is 0.353 e. The van der Waals surface area contributed by atoms with Crippen molar-refractivity contribution in [3.63, 3.8) is 0 Å². The molecule has 0 bridgehead atoms. The molecule has 2 aromatic heterocycles. The number of rotatable bonds is 3.